The number of amides is 2. The molecule has 0 aliphatic heterocycles. The van der Waals surface area contributed by atoms with Gasteiger partial charge in [-0.3, -0.25) is 14.4 Å². The van der Waals surface area contributed by atoms with E-state index in [9.17, 15) is 14.4 Å². The fourth-order valence-electron chi connectivity index (χ4n) is 2.38. The molecule has 0 saturated heterocycles. The van der Waals surface area contributed by atoms with Gasteiger partial charge in [-0.05, 0) is 37.7 Å². The molecule has 0 spiro atoms. The lowest BCUT2D eigenvalue weighted by Gasteiger charge is -2.27. The second kappa shape index (κ2) is 9.07. The van der Waals surface area contributed by atoms with Crippen molar-refractivity contribution in [3.63, 3.8) is 0 Å². The molecule has 20 heavy (non-hydrogen) atoms. The van der Waals surface area contributed by atoms with Crippen molar-refractivity contribution in [2.75, 3.05) is 13.1 Å². The fourth-order valence-corrected chi connectivity index (χ4v) is 2.38. The minimum atomic E-state index is -0.247. The van der Waals surface area contributed by atoms with Gasteiger partial charge in [0.05, 0.1) is 0 Å². The summed E-state index contributed by atoms with van der Waals surface area (Å²) in [5, 5.41) is 5.59. The van der Waals surface area contributed by atoms with Gasteiger partial charge in [0.15, 0.2) is 0 Å². The molecule has 0 unspecified atom stereocenters. The lowest BCUT2D eigenvalue weighted by molar-refractivity contribution is -0.126. The minimum Gasteiger partial charge on any atom is -0.352 e. The molecule has 0 atom stereocenters. The van der Waals surface area contributed by atoms with Gasteiger partial charge in [-0.1, -0.05) is 6.08 Å². The van der Waals surface area contributed by atoms with Crippen molar-refractivity contribution in [3.05, 3.63) is 24.8 Å². The van der Waals surface area contributed by atoms with E-state index in [4.69, 9.17) is 0 Å². The van der Waals surface area contributed by atoms with E-state index in [0.717, 1.165) is 25.7 Å². The van der Waals surface area contributed by atoms with Gasteiger partial charge in [0.25, 0.3) is 0 Å². The number of hydrogen-bond acceptors (Lipinski definition) is 3. The largest absolute Gasteiger partial charge is 0.352 e. The summed E-state index contributed by atoms with van der Waals surface area (Å²) in [4.78, 5) is 33.2. The zero-order valence-corrected chi connectivity index (χ0v) is 11.6. The van der Waals surface area contributed by atoms with E-state index in [1.807, 2.05) is 0 Å². The molecule has 1 aliphatic rings. The third kappa shape index (κ3) is 5.82. The van der Waals surface area contributed by atoms with E-state index in [2.05, 4.69) is 17.2 Å². The SMILES string of the molecule is C=CCNC(=O)C1CCC(CNC(=O)/C=C\C=O)CC1. The van der Waals surface area contributed by atoms with Crippen LogP contribution in [-0.2, 0) is 14.4 Å². The predicted molar refractivity (Wildman–Crippen MR) is 76.9 cm³/mol. The first kappa shape index (κ1) is 16.1. The second-order valence-electron chi connectivity index (χ2n) is 4.99. The number of carbonyl (C=O) groups excluding carboxylic acids is 3. The lowest BCUT2D eigenvalue weighted by atomic mass is 9.81. The predicted octanol–water partition coefficient (Wildman–Crippen LogP) is 0.966. The van der Waals surface area contributed by atoms with Crippen LogP contribution >= 0.6 is 0 Å². The van der Waals surface area contributed by atoms with Crippen LogP contribution in [0.1, 0.15) is 25.7 Å². The van der Waals surface area contributed by atoms with E-state index in [1.54, 1.807) is 6.08 Å². The summed E-state index contributed by atoms with van der Waals surface area (Å²) < 4.78 is 0. The summed E-state index contributed by atoms with van der Waals surface area (Å²) >= 11 is 0. The van der Waals surface area contributed by atoms with Crippen LogP contribution < -0.4 is 10.6 Å². The second-order valence-corrected chi connectivity index (χ2v) is 4.99. The smallest absolute Gasteiger partial charge is 0.244 e. The quantitative estimate of drug-likeness (QED) is 0.414. The van der Waals surface area contributed by atoms with Crippen molar-refractivity contribution in [3.8, 4) is 0 Å². The normalized spacial score (nSPS) is 22.2. The maximum Gasteiger partial charge on any atom is 0.244 e. The van der Waals surface area contributed by atoms with Crippen molar-refractivity contribution < 1.29 is 14.4 Å². The van der Waals surface area contributed by atoms with E-state index < -0.39 is 0 Å². The summed E-state index contributed by atoms with van der Waals surface area (Å²) in [7, 11) is 0. The Labute approximate surface area is 119 Å². The van der Waals surface area contributed by atoms with E-state index in [0.29, 0.717) is 25.3 Å². The monoisotopic (exact) mass is 278 g/mol. The highest BCUT2D eigenvalue weighted by Gasteiger charge is 2.25. The Hall–Kier alpha value is -1.91. The van der Waals surface area contributed by atoms with Gasteiger partial charge in [-0.2, -0.15) is 0 Å². The number of aldehydes is 1. The van der Waals surface area contributed by atoms with Crippen LogP contribution in [0.4, 0.5) is 0 Å². The average molecular weight is 278 g/mol. The molecule has 0 aromatic rings. The Balaban J connectivity index is 2.23. The molecule has 5 heteroatoms. The van der Waals surface area contributed by atoms with Gasteiger partial charge >= 0.3 is 0 Å². The first-order valence-corrected chi connectivity index (χ1v) is 6.95. The maximum atomic E-state index is 11.8. The molecule has 110 valence electrons. The third-order valence-corrected chi connectivity index (χ3v) is 3.53. The van der Waals surface area contributed by atoms with Gasteiger partial charge in [0, 0.05) is 25.1 Å². The first-order chi connectivity index (χ1) is 9.67. The van der Waals surface area contributed by atoms with E-state index >= 15 is 0 Å². The number of rotatable bonds is 7. The topological polar surface area (TPSA) is 75.3 Å². The van der Waals surface area contributed by atoms with Crippen LogP contribution in [0.2, 0.25) is 0 Å². The van der Waals surface area contributed by atoms with E-state index in [1.165, 1.54) is 12.2 Å². The zero-order valence-electron chi connectivity index (χ0n) is 11.6. The van der Waals surface area contributed by atoms with Gasteiger partial charge in [0.1, 0.15) is 6.29 Å². The van der Waals surface area contributed by atoms with Gasteiger partial charge in [-0.25, -0.2) is 0 Å². The number of allylic oxidation sites excluding steroid dienone is 1. The third-order valence-electron chi connectivity index (χ3n) is 3.53. The molecule has 1 saturated carbocycles. The summed E-state index contributed by atoms with van der Waals surface area (Å²) in [6, 6.07) is 0. The first-order valence-electron chi connectivity index (χ1n) is 6.95. The Morgan fingerprint density at radius 3 is 2.45 bits per heavy atom. The van der Waals surface area contributed by atoms with Gasteiger partial charge in [-0.15, -0.1) is 6.58 Å². The molecular weight excluding hydrogens is 256 g/mol. The Bertz CT molecular complexity index is 383. The fraction of sp³-hybridized carbons (Fsp3) is 0.533. The molecule has 0 aromatic carbocycles. The molecule has 0 aromatic heterocycles. The lowest BCUT2D eigenvalue weighted by Crippen LogP contribution is -2.35. The van der Waals surface area contributed by atoms with Crippen molar-refractivity contribution >= 4 is 18.1 Å². The van der Waals surface area contributed by atoms with Crippen LogP contribution in [-0.4, -0.2) is 31.2 Å². The Morgan fingerprint density at radius 1 is 1.15 bits per heavy atom. The number of nitrogens with one attached hydrogen (secondary N) is 2. The zero-order chi connectivity index (χ0) is 14.8. The highest BCUT2D eigenvalue weighted by molar-refractivity contribution is 5.90. The number of carbonyl (C=O) groups is 3. The molecule has 1 rings (SSSR count). The molecule has 1 aliphatic carbocycles. The van der Waals surface area contributed by atoms with Crippen LogP contribution in [0.15, 0.2) is 24.8 Å². The summed E-state index contributed by atoms with van der Waals surface area (Å²) in [6.45, 7) is 4.68. The minimum absolute atomic E-state index is 0.0804. The molecule has 1 fully saturated rings. The van der Waals surface area contributed by atoms with Crippen molar-refractivity contribution in [2.45, 2.75) is 25.7 Å². The van der Waals surface area contributed by atoms with Crippen molar-refractivity contribution in [2.24, 2.45) is 11.8 Å². The number of hydrogen-bond donors (Lipinski definition) is 2. The molecule has 0 bridgehead atoms. The maximum absolute atomic E-state index is 11.8. The van der Waals surface area contributed by atoms with E-state index in [-0.39, 0.29) is 17.7 Å². The molecule has 5 nitrogen and oxygen atoms in total. The summed E-state index contributed by atoms with van der Waals surface area (Å²) in [6.07, 6.45) is 8.23. The molecule has 0 radical (unpaired) electrons. The molecule has 0 heterocycles. The average Bonchev–Trinajstić information content (AvgIpc) is 2.49. The highest BCUT2D eigenvalue weighted by atomic mass is 16.2. The van der Waals surface area contributed by atoms with Crippen LogP contribution in [0.3, 0.4) is 0 Å². The molecule has 2 N–H and O–H groups in total. The summed E-state index contributed by atoms with van der Waals surface area (Å²) in [5.74, 6) is 0.341. The Kier molecular flexibility index (Phi) is 7.32. The van der Waals surface area contributed by atoms with Gasteiger partial charge in [0.2, 0.25) is 11.8 Å². The van der Waals surface area contributed by atoms with Crippen molar-refractivity contribution in [1.82, 2.24) is 10.6 Å². The molecular formula is C15H22N2O3. The van der Waals surface area contributed by atoms with Crippen LogP contribution in [0.5, 0.6) is 0 Å². The standard InChI is InChI=1S/C15H22N2O3/c1-2-9-16-15(20)13-7-5-12(6-8-13)11-17-14(19)4-3-10-18/h2-4,10,12-13H,1,5-9,11H2,(H,16,20)(H,17,19)/b4-3-. The highest BCUT2D eigenvalue weighted by Crippen LogP contribution is 2.28. The molecule has 2 amide bonds. The summed E-state index contributed by atoms with van der Waals surface area (Å²) in [5.41, 5.74) is 0. The van der Waals surface area contributed by atoms with Crippen LogP contribution in [0.25, 0.3) is 0 Å². The van der Waals surface area contributed by atoms with Gasteiger partial charge < -0.3 is 10.6 Å². The Morgan fingerprint density at radius 2 is 1.85 bits per heavy atom. The van der Waals surface area contributed by atoms with Crippen molar-refractivity contribution in [1.29, 1.82) is 0 Å². The van der Waals surface area contributed by atoms with Crippen LogP contribution in [0, 0.1) is 11.8 Å².